The Morgan fingerprint density at radius 2 is 0.569 bits per heavy atom. The van der Waals surface area contributed by atoms with E-state index >= 15 is 0 Å². The molecule has 1 atom stereocenters. The van der Waals surface area contributed by atoms with E-state index in [4.69, 9.17) is 14.2 Å². The molecule has 0 saturated carbocycles. The van der Waals surface area contributed by atoms with Crippen molar-refractivity contribution in [3.8, 4) is 0 Å². The van der Waals surface area contributed by atoms with Crippen LogP contribution in [0.2, 0.25) is 0 Å². The summed E-state index contributed by atoms with van der Waals surface area (Å²) in [5.74, 6) is -0.943. The summed E-state index contributed by atoms with van der Waals surface area (Å²) in [6, 6.07) is 0. The number of carbonyl (C=O) groups excluding carboxylic acids is 3. The van der Waals surface area contributed by atoms with E-state index in [-0.39, 0.29) is 37.5 Å². The molecule has 0 spiro atoms. The largest absolute Gasteiger partial charge is 0.462 e. The first-order valence-corrected chi connectivity index (χ1v) is 28.1. The van der Waals surface area contributed by atoms with Gasteiger partial charge in [0.1, 0.15) is 13.2 Å². The average molecular weight is 911 g/mol. The topological polar surface area (TPSA) is 78.9 Å². The van der Waals surface area contributed by atoms with E-state index in [0.29, 0.717) is 19.3 Å². The van der Waals surface area contributed by atoms with E-state index in [1.807, 2.05) is 0 Å². The minimum absolute atomic E-state index is 0.0928. The number of esters is 3. The van der Waals surface area contributed by atoms with E-state index in [9.17, 15) is 14.4 Å². The van der Waals surface area contributed by atoms with Crippen LogP contribution in [0.3, 0.4) is 0 Å². The van der Waals surface area contributed by atoms with Crippen molar-refractivity contribution in [3.63, 3.8) is 0 Å². The Morgan fingerprint density at radius 1 is 0.308 bits per heavy atom. The third-order valence-corrected chi connectivity index (χ3v) is 12.3. The third kappa shape index (κ3) is 52.2. The second-order valence-corrected chi connectivity index (χ2v) is 18.8. The van der Waals surface area contributed by atoms with Crippen molar-refractivity contribution >= 4 is 17.9 Å². The number of unbranched alkanes of at least 4 members (excludes halogenated alkanes) is 32. The molecule has 0 aromatic carbocycles. The summed E-state index contributed by atoms with van der Waals surface area (Å²) in [5, 5.41) is 0. The highest BCUT2D eigenvalue weighted by molar-refractivity contribution is 5.71. The zero-order valence-electron chi connectivity index (χ0n) is 43.3. The maximum Gasteiger partial charge on any atom is 0.306 e. The molecule has 0 N–H and O–H groups in total. The van der Waals surface area contributed by atoms with Crippen LogP contribution in [0.4, 0.5) is 0 Å². The summed E-state index contributed by atoms with van der Waals surface area (Å²) in [6.45, 7) is 6.59. The van der Waals surface area contributed by atoms with Gasteiger partial charge < -0.3 is 14.2 Å². The minimum atomic E-state index is -0.800. The van der Waals surface area contributed by atoms with Gasteiger partial charge >= 0.3 is 17.9 Å². The number of hydrogen-bond donors (Lipinski definition) is 0. The summed E-state index contributed by atoms with van der Waals surface area (Å²) in [7, 11) is 0. The number of ether oxygens (including phenoxy) is 3. The molecule has 0 radical (unpaired) electrons. The van der Waals surface area contributed by atoms with Gasteiger partial charge in [0.2, 0.25) is 0 Å². The SMILES string of the molecule is CCCCC/C=C\CCCCCCCC(=O)OCC(COC(=O)CCCCCCCCCCCCCCCCCCCC)OC(=O)CCC/C=C\C/C=C\C/C=C\CCCCCCCC. The van der Waals surface area contributed by atoms with Crippen LogP contribution in [-0.4, -0.2) is 37.2 Å². The van der Waals surface area contributed by atoms with Gasteiger partial charge in [-0.3, -0.25) is 14.4 Å². The Hall–Kier alpha value is -2.63. The van der Waals surface area contributed by atoms with Crippen molar-refractivity contribution in [2.24, 2.45) is 0 Å². The monoisotopic (exact) mass is 911 g/mol. The molecular weight excluding hydrogens is 805 g/mol. The second kappa shape index (κ2) is 54.0. The molecule has 0 aromatic rings. The molecule has 378 valence electrons. The third-order valence-electron chi connectivity index (χ3n) is 12.3. The number of allylic oxidation sites excluding steroid dienone is 8. The first-order chi connectivity index (χ1) is 32.0. The van der Waals surface area contributed by atoms with Crippen LogP contribution in [0.25, 0.3) is 0 Å². The fourth-order valence-electron chi connectivity index (χ4n) is 8.04. The lowest BCUT2D eigenvalue weighted by Crippen LogP contribution is -2.30. The van der Waals surface area contributed by atoms with E-state index in [0.717, 1.165) is 64.2 Å². The number of hydrogen-bond acceptors (Lipinski definition) is 6. The molecule has 6 nitrogen and oxygen atoms in total. The highest BCUT2D eigenvalue weighted by Crippen LogP contribution is 2.16. The lowest BCUT2D eigenvalue weighted by molar-refractivity contribution is -0.167. The van der Waals surface area contributed by atoms with Gasteiger partial charge in [-0.05, 0) is 77.0 Å². The molecule has 0 aliphatic rings. The van der Waals surface area contributed by atoms with Crippen LogP contribution in [-0.2, 0) is 28.6 Å². The van der Waals surface area contributed by atoms with Crippen LogP contribution < -0.4 is 0 Å². The summed E-state index contributed by atoms with van der Waals surface area (Å²) >= 11 is 0. The van der Waals surface area contributed by atoms with Crippen LogP contribution in [0, 0.1) is 0 Å². The standard InChI is InChI=1S/C59H106O6/c1-4-7-10-13-16-19-22-25-27-29-31-32-34-37-40-43-46-49-52-58(61)64-55-56(54-63-57(60)51-48-45-42-39-36-24-21-18-15-12-9-6-3)65-59(62)53-50-47-44-41-38-35-33-30-28-26-23-20-17-14-11-8-5-2/h18,21,26,28,33,35,41,44,56H,4-17,19-20,22-25,27,29-32,34,36-40,42-43,45-55H2,1-3H3/b21-18-,28-26-,35-33-,44-41-. The molecule has 65 heavy (non-hydrogen) atoms. The minimum Gasteiger partial charge on any atom is -0.462 e. The maximum atomic E-state index is 12.8. The molecule has 0 aromatic heterocycles. The zero-order valence-corrected chi connectivity index (χ0v) is 43.3. The normalized spacial score (nSPS) is 12.4. The predicted molar refractivity (Wildman–Crippen MR) is 279 cm³/mol. The lowest BCUT2D eigenvalue weighted by Gasteiger charge is -2.18. The first kappa shape index (κ1) is 62.4. The Morgan fingerprint density at radius 3 is 0.954 bits per heavy atom. The van der Waals surface area contributed by atoms with E-state index in [1.54, 1.807) is 0 Å². The van der Waals surface area contributed by atoms with Gasteiger partial charge in [-0.15, -0.1) is 0 Å². The van der Waals surface area contributed by atoms with Crippen molar-refractivity contribution in [1.82, 2.24) is 0 Å². The van der Waals surface area contributed by atoms with Gasteiger partial charge in [0, 0.05) is 19.3 Å². The molecule has 6 heteroatoms. The van der Waals surface area contributed by atoms with Gasteiger partial charge in [0.15, 0.2) is 6.10 Å². The fraction of sp³-hybridized carbons (Fsp3) is 0.814. The van der Waals surface area contributed by atoms with Gasteiger partial charge in [-0.1, -0.05) is 243 Å². The Bertz CT molecular complexity index is 1140. The summed E-state index contributed by atoms with van der Waals surface area (Å²) in [6.07, 6.45) is 65.4. The van der Waals surface area contributed by atoms with Crippen LogP contribution >= 0.6 is 0 Å². The molecule has 0 aliphatic carbocycles. The van der Waals surface area contributed by atoms with Crippen molar-refractivity contribution in [3.05, 3.63) is 48.6 Å². The quantitative estimate of drug-likeness (QED) is 0.0262. The molecule has 1 unspecified atom stereocenters. The zero-order chi connectivity index (χ0) is 47.2. The Labute approximate surface area is 403 Å². The second-order valence-electron chi connectivity index (χ2n) is 18.8. The molecule has 0 saturated heterocycles. The van der Waals surface area contributed by atoms with E-state index in [2.05, 4.69) is 69.4 Å². The van der Waals surface area contributed by atoms with Gasteiger partial charge in [-0.2, -0.15) is 0 Å². The molecule has 0 amide bonds. The van der Waals surface area contributed by atoms with Gasteiger partial charge in [-0.25, -0.2) is 0 Å². The first-order valence-electron chi connectivity index (χ1n) is 28.1. The highest BCUT2D eigenvalue weighted by Gasteiger charge is 2.19. The highest BCUT2D eigenvalue weighted by atomic mass is 16.6. The smallest absolute Gasteiger partial charge is 0.306 e. The van der Waals surface area contributed by atoms with E-state index < -0.39 is 6.10 Å². The summed E-state index contributed by atoms with van der Waals surface area (Å²) in [5.41, 5.74) is 0. The molecule has 0 rings (SSSR count). The fourth-order valence-corrected chi connectivity index (χ4v) is 8.04. The molecule has 0 bridgehead atoms. The Balaban J connectivity index is 4.40. The summed E-state index contributed by atoms with van der Waals surface area (Å²) < 4.78 is 16.8. The molecular formula is C59H106O6. The summed E-state index contributed by atoms with van der Waals surface area (Å²) in [4.78, 5) is 38.0. The molecule has 0 fully saturated rings. The number of rotatable bonds is 51. The average Bonchev–Trinajstić information content (AvgIpc) is 3.30. The van der Waals surface area contributed by atoms with Gasteiger partial charge in [0.05, 0.1) is 0 Å². The molecule has 0 heterocycles. The maximum absolute atomic E-state index is 12.8. The van der Waals surface area contributed by atoms with Crippen LogP contribution in [0.1, 0.15) is 290 Å². The predicted octanol–water partition coefficient (Wildman–Crippen LogP) is 18.7. The van der Waals surface area contributed by atoms with Crippen molar-refractivity contribution in [2.75, 3.05) is 13.2 Å². The lowest BCUT2D eigenvalue weighted by atomic mass is 10.0. The van der Waals surface area contributed by atoms with Crippen LogP contribution in [0.5, 0.6) is 0 Å². The van der Waals surface area contributed by atoms with Crippen LogP contribution in [0.15, 0.2) is 48.6 Å². The number of carbonyl (C=O) groups is 3. The Kier molecular flexibility index (Phi) is 51.8. The van der Waals surface area contributed by atoms with Gasteiger partial charge in [0.25, 0.3) is 0 Å². The van der Waals surface area contributed by atoms with Crippen molar-refractivity contribution < 1.29 is 28.6 Å². The van der Waals surface area contributed by atoms with Crippen molar-refractivity contribution in [1.29, 1.82) is 0 Å². The van der Waals surface area contributed by atoms with E-state index in [1.165, 1.54) is 180 Å². The van der Waals surface area contributed by atoms with Crippen molar-refractivity contribution in [2.45, 2.75) is 297 Å². The molecule has 0 aliphatic heterocycles.